The standard InChI is InChI=1S/C27H31FN4O3/c1-19(2)11-24-17-31(16-20-5-3-8-25(12-20)35-18-26(33)34)9-10-32(24)27-29-14-22(15-30-27)21-6-4-7-23(28)13-21/h3-8,12-15,19,24H,9-11,16-18H2,1-2H3,(H,33,34)/t24-/m1/s1. The maximum absolute atomic E-state index is 13.6. The van der Waals surface area contributed by atoms with Crippen molar-refractivity contribution in [3.8, 4) is 16.9 Å². The largest absolute Gasteiger partial charge is 0.482 e. The van der Waals surface area contributed by atoms with Crippen molar-refractivity contribution in [2.45, 2.75) is 32.9 Å². The maximum Gasteiger partial charge on any atom is 0.341 e. The molecule has 184 valence electrons. The highest BCUT2D eigenvalue weighted by Crippen LogP contribution is 2.25. The molecule has 0 unspecified atom stereocenters. The summed E-state index contributed by atoms with van der Waals surface area (Å²) in [6.07, 6.45) is 4.53. The maximum atomic E-state index is 13.6. The molecule has 4 rings (SSSR count). The normalized spacial score (nSPS) is 16.5. The van der Waals surface area contributed by atoms with Gasteiger partial charge in [-0.05, 0) is 47.7 Å². The SMILES string of the molecule is CC(C)C[C@@H]1CN(Cc2cccc(OCC(=O)O)c2)CCN1c1ncc(-c2cccc(F)c2)cn1. The Morgan fingerprint density at radius 2 is 1.89 bits per heavy atom. The molecule has 35 heavy (non-hydrogen) atoms. The lowest BCUT2D eigenvalue weighted by atomic mass is 10.00. The molecule has 1 fully saturated rings. The van der Waals surface area contributed by atoms with E-state index in [9.17, 15) is 9.18 Å². The lowest BCUT2D eigenvalue weighted by molar-refractivity contribution is -0.139. The highest BCUT2D eigenvalue weighted by molar-refractivity contribution is 5.68. The molecule has 8 heteroatoms. The molecule has 1 N–H and O–H groups in total. The second-order valence-corrected chi connectivity index (χ2v) is 9.32. The zero-order chi connectivity index (χ0) is 24.8. The third-order valence-corrected chi connectivity index (χ3v) is 6.03. The van der Waals surface area contributed by atoms with E-state index >= 15 is 0 Å². The highest BCUT2D eigenvalue weighted by Gasteiger charge is 2.29. The van der Waals surface area contributed by atoms with E-state index in [-0.39, 0.29) is 18.5 Å². The molecule has 0 radical (unpaired) electrons. The summed E-state index contributed by atoms with van der Waals surface area (Å²) in [5.41, 5.74) is 2.63. The molecule has 1 atom stereocenters. The van der Waals surface area contributed by atoms with Gasteiger partial charge in [0.25, 0.3) is 0 Å². The summed E-state index contributed by atoms with van der Waals surface area (Å²) in [5.74, 6) is 0.503. The topological polar surface area (TPSA) is 78.8 Å². The van der Waals surface area contributed by atoms with Crippen molar-refractivity contribution >= 4 is 11.9 Å². The Labute approximate surface area is 205 Å². The quantitative estimate of drug-likeness (QED) is 0.486. The van der Waals surface area contributed by atoms with Crippen molar-refractivity contribution in [3.63, 3.8) is 0 Å². The van der Waals surface area contributed by atoms with E-state index in [0.29, 0.717) is 17.6 Å². The van der Waals surface area contributed by atoms with E-state index < -0.39 is 5.97 Å². The van der Waals surface area contributed by atoms with Crippen molar-refractivity contribution in [3.05, 3.63) is 72.3 Å². The number of rotatable bonds is 9. The monoisotopic (exact) mass is 478 g/mol. The van der Waals surface area contributed by atoms with Crippen LogP contribution in [0.4, 0.5) is 10.3 Å². The molecular weight excluding hydrogens is 447 g/mol. The van der Waals surface area contributed by atoms with Gasteiger partial charge in [0.15, 0.2) is 6.61 Å². The second-order valence-electron chi connectivity index (χ2n) is 9.32. The van der Waals surface area contributed by atoms with Crippen LogP contribution >= 0.6 is 0 Å². The number of aromatic nitrogens is 2. The summed E-state index contributed by atoms with van der Waals surface area (Å²) in [6.45, 7) is 7.36. The molecule has 0 aliphatic carbocycles. The molecule has 1 aromatic heterocycles. The summed E-state index contributed by atoms with van der Waals surface area (Å²) in [7, 11) is 0. The lowest BCUT2D eigenvalue weighted by Crippen LogP contribution is -2.53. The van der Waals surface area contributed by atoms with Crippen molar-refractivity contribution in [2.24, 2.45) is 5.92 Å². The summed E-state index contributed by atoms with van der Waals surface area (Å²) < 4.78 is 18.9. The zero-order valence-corrected chi connectivity index (χ0v) is 20.1. The van der Waals surface area contributed by atoms with Gasteiger partial charge in [-0.1, -0.05) is 38.1 Å². The van der Waals surface area contributed by atoms with E-state index in [1.807, 2.05) is 24.3 Å². The molecule has 1 aliphatic heterocycles. The highest BCUT2D eigenvalue weighted by atomic mass is 19.1. The van der Waals surface area contributed by atoms with Gasteiger partial charge < -0.3 is 14.7 Å². The molecule has 3 aromatic rings. The number of piperazine rings is 1. The number of ether oxygens (including phenoxy) is 1. The fraction of sp³-hybridized carbons (Fsp3) is 0.370. The number of nitrogens with zero attached hydrogens (tertiary/aromatic N) is 4. The van der Waals surface area contributed by atoms with Crippen molar-refractivity contribution in [2.75, 3.05) is 31.1 Å². The fourth-order valence-electron chi connectivity index (χ4n) is 4.50. The molecule has 2 aromatic carbocycles. The minimum absolute atomic E-state index is 0.259. The van der Waals surface area contributed by atoms with E-state index in [2.05, 4.69) is 33.6 Å². The first kappa shape index (κ1) is 24.6. The molecule has 1 saturated heterocycles. The first-order chi connectivity index (χ1) is 16.9. The minimum Gasteiger partial charge on any atom is -0.482 e. The van der Waals surface area contributed by atoms with Crippen LogP contribution in [0.15, 0.2) is 60.9 Å². The van der Waals surface area contributed by atoms with Crippen molar-refractivity contribution in [1.29, 1.82) is 0 Å². The molecule has 0 bridgehead atoms. The van der Waals surface area contributed by atoms with Gasteiger partial charge in [0.2, 0.25) is 5.95 Å². The van der Waals surface area contributed by atoms with Crippen molar-refractivity contribution < 1.29 is 19.0 Å². The Kier molecular flexibility index (Phi) is 7.92. The number of benzene rings is 2. The Balaban J connectivity index is 1.44. The van der Waals surface area contributed by atoms with Crippen LogP contribution in [0.5, 0.6) is 5.75 Å². The number of hydrogen-bond acceptors (Lipinski definition) is 6. The van der Waals surface area contributed by atoms with Crippen LogP contribution in [0, 0.1) is 11.7 Å². The Bertz CT molecular complexity index is 1140. The van der Waals surface area contributed by atoms with Crippen LogP contribution in [0.3, 0.4) is 0 Å². The van der Waals surface area contributed by atoms with E-state index in [4.69, 9.17) is 9.84 Å². The van der Waals surface area contributed by atoms with Gasteiger partial charge in [-0.2, -0.15) is 0 Å². The molecule has 0 spiro atoms. The number of carboxylic acid groups (broad SMARTS) is 1. The third-order valence-electron chi connectivity index (χ3n) is 6.03. The van der Waals surface area contributed by atoms with Crippen LogP contribution in [0.2, 0.25) is 0 Å². The minimum atomic E-state index is -0.991. The number of carbonyl (C=O) groups is 1. The predicted octanol–water partition coefficient (Wildman–Crippen LogP) is 4.48. The Morgan fingerprint density at radius 3 is 2.60 bits per heavy atom. The van der Waals surface area contributed by atoms with Gasteiger partial charge in [0, 0.05) is 50.2 Å². The summed E-state index contributed by atoms with van der Waals surface area (Å²) in [6, 6.07) is 14.3. The van der Waals surface area contributed by atoms with Crippen LogP contribution in [0.1, 0.15) is 25.8 Å². The predicted molar refractivity (Wildman–Crippen MR) is 133 cm³/mol. The van der Waals surface area contributed by atoms with Gasteiger partial charge >= 0.3 is 5.97 Å². The average Bonchev–Trinajstić information content (AvgIpc) is 2.83. The van der Waals surface area contributed by atoms with E-state index in [1.165, 1.54) is 12.1 Å². The first-order valence-electron chi connectivity index (χ1n) is 11.9. The van der Waals surface area contributed by atoms with Gasteiger partial charge in [-0.25, -0.2) is 19.2 Å². The van der Waals surface area contributed by atoms with E-state index in [1.54, 1.807) is 24.5 Å². The van der Waals surface area contributed by atoms with Gasteiger partial charge in [0.1, 0.15) is 11.6 Å². The van der Waals surface area contributed by atoms with E-state index in [0.717, 1.165) is 49.3 Å². The Morgan fingerprint density at radius 1 is 1.11 bits per heavy atom. The smallest absolute Gasteiger partial charge is 0.341 e. The number of halogens is 1. The second kappa shape index (κ2) is 11.3. The first-order valence-corrected chi connectivity index (χ1v) is 11.9. The average molecular weight is 479 g/mol. The number of hydrogen-bond donors (Lipinski definition) is 1. The number of carboxylic acids is 1. The Hall–Kier alpha value is -3.52. The summed E-state index contributed by atoms with van der Waals surface area (Å²) in [5, 5.41) is 8.85. The lowest BCUT2D eigenvalue weighted by Gasteiger charge is -2.42. The van der Waals surface area contributed by atoms with Crippen LogP contribution in [-0.2, 0) is 11.3 Å². The van der Waals surface area contributed by atoms with Gasteiger partial charge in [-0.3, -0.25) is 4.90 Å². The van der Waals surface area contributed by atoms with Gasteiger partial charge in [-0.15, -0.1) is 0 Å². The fourth-order valence-corrected chi connectivity index (χ4v) is 4.50. The number of anilines is 1. The van der Waals surface area contributed by atoms with Crippen LogP contribution in [0.25, 0.3) is 11.1 Å². The molecule has 7 nitrogen and oxygen atoms in total. The van der Waals surface area contributed by atoms with Crippen LogP contribution in [-0.4, -0.2) is 58.2 Å². The molecule has 2 heterocycles. The zero-order valence-electron chi connectivity index (χ0n) is 20.1. The third kappa shape index (κ3) is 6.76. The molecule has 1 aliphatic rings. The van der Waals surface area contributed by atoms with Gasteiger partial charge in [0.05, 0.1) is 0 Å². The summed E-state index contributed by atoms with van der Waals surface area (Å²) in [4.78, 5) is 24.7. The van der Waals surface area contributed by atoms with Crippen LogP contribution < -0.4 is 9.64 Å². The molecular formula is C27H31FN4O3. The molecule has 0 saturated carbocycles. The van der Waals surface area contributed by atoms with Crippen molar-refractivity contribution in [1.82, 2.24) is 14.9 Å². The summed E-state index contributed by atoms with van der Waals surface area (Å²) >= 11 is 0. The molecule has 0 amide bonds. The number of aliphatic carboxylic acids is 1.